The van der Waals surface area contributed by atoms with Gasteiger partial charge in [0.2, 0.25) is 0 Å². The van der Waals surface area contributed by atoms with Crippen LogP contribution < -0.4 is 5.32 Å². The van der Waals surface area contributed by atoms with E-state index >= 15 is 0 Å². The van der Waals surface area contributed by atoms with Gasteiger partial charge in [0.25, 0.3) is 0 Å². The van der Waals surface area contributed by atoms with E-state index in [-0.39, 0.29) is 5.97 Å². The summed E-state index contributed by atoms with van der Waals surface area (Å²) in [6.07, 6.45) is 4.02. The molecule has 0 aliphatic carbocycles. The Morgan fingerprint density at radius 2 is 2.29 bits per heavy atom. The highest BCUT2D eigenvalue weighted by atomic mass is 16.7. The van der Waals surface area contributed by atoms with Crippen LogP contribution >= 0.6 is 0 Å². The maximum Gasteiger partial charge on any atom is 0.330 e. The molecule has 4 heteroatoms. The minimum atomic E-state index is -0.443. The number of hydroxylamine groups is 2. The van der Waals surface area contributed by atoms with E-state index in [1.807, 2.05) is 26.8 Å². The molecule has 0 aromatic carbocycles. The quantitative estimate of drug-likeness (QED) is 0.760. The molecule has 17 heavy (non-hydrogen) atoms. The minimum Gasteiger partial charge on any atom is -0.367 e. The highest BCUT2D eigenvalue weighted by Gasteiger charge is 2.28. The second-order valence-corrected chi connectivity index (χ2v) is 5.55. The fourth-order valence-electron chi connectivity index (χ4n) is 1.70. The summed E-state index contributed by atoms with van der Waals surface area (Å²) in [6, 6.07) is 0.384. The van der Waals surface area contributed by atoms with Crippen LogP contribution in [0.25, 0.3) is 0 Å². The molecule has 1 aliphatic heterocycles. The Morgan fingerprint density at radius 1 is 1.59 bits per heavy atom. The van der Waals surface area contributed by atoms with Crippen molar-refractivity contribution >= 4 is 5.97 Å². The zero-order chi connectivity index (χ0) is 12.9. The SMILES string of the molecule is C=CCN[C@@H]1CCCN(OC(=O)C(C)(C)C)C1. The van der Waals surface area contributed by atoms with Crippen LogP contribution in [0, 0.1) is 5.41 Å². The van der Waals surface area contributed by atoms with Crippen molar-refractivity contribution in [3.8, 4) is 0 Å². The van der Waals surface area contributed by atoms with Crippen molar-refractivity contribution in [3.05, 3.63) is 12.7 Å². The summed E-state index contributed by atoms with van der Waals surface area (Å²) in [7, 11) is 0. The smallest absolute Gasteiger partial charge is 0.330 e. The van der Waals surface area contributed by atoms with Gasteiger partial charge in [-0.2, -0.15) is 0 Å². The largest absolute Gasteiger partial charge is 0.367 e. The topological polar surface area (TPSA) is 41.6 Å². The molecule has 0 aromatic rings. The van der Waals surface area contributed by atoms with E-state index in [2.05, 4.69) is 11.9 Å². The monoisotopic (exact) mass is 240 g/mol. The molecule has 1 saturated heterocycles. The van der Waals surface area contributed by atoms with E-state index in [0.29, 0.717) is 6.04 Å². The third-order valence-electron chi connectivity index (χ3n) is 2.76. The first-order valence-electron chi connectivity index (χ1n) is 6.25. The Labute approximate surface area is 104 Å². The Hall–Kier alpha value is -0.870. The van der Waals surface area contributed by atoms with Crippen molar-refractivity contribution in [1.82, 2.24) is 10.4 Å². The first-order chi connectivity index (χ1) is 7.93. The van der Waals surface area contributed by atoms with Gasteiger partial charge < -0.3 is 10.2 Å². The van der Waals surface area contributed by atoms with Gasteiger partial charge in [0.05, 0.1) is 12.0 Å². The maximum absolute atomic E-state index is 11.8. The Kier molecular flexibility index (Phi) is 5.15. The summed E-state index contributed by atoms with van der Waals surface area (Å²) in [6.45, 7) is 11.7. The van der Waals surface area contributed by atoms with E-state index in [1.165, 1.54) is 0 Å². The van der Waals surface area contributed by atoms with Crippen molar-refractivity contribution in [2.24, 2.45) is 5.41 Å². The molecule has 0 bridgehead atoms. The molecule has 1 heterocycles. The number of rotatable bonds is 4. The zero-order valence-electron chi connectivity index (χ0n) is 11.2. The first kappa shape index (κ1) is 14.2. The molecule has 1 rings (SSSR count). The van der Waals surface area contributed by atoms with Gasteiger partial charge in [-0.3, -0.25) is 0 Å². The summed E-state index contributed by atoms with van der Waals surface area (Å²) in [5.74, 6) is -0.165. The number of hydrogen-bond donors (Lipinski definition) is 1. The van der Waals surface area contributed by atoms with Crippen LogP contribution in [0.2, 0.25) is 0 Å². The fraction of sp³-hybridized carbons (Fsp3) is 0.769. The molecule has 0 unspecified atom stereocenters. The van der Waals surface area contributed by atoms with E-state index in [0.717, 1.165) is 32.5 Å². The van der Waals surface area contributed by atoms with Crippen LogP contribution in [0.3, 0.4) is 0 Å². The number of nitrogens with zero attached hydrogens (tertiary/aromatic N) is 1. The summed E-state index contributed by atoms with van der Waals surface area (Å²) >= 11 is 0. The molecular formula is C13H24N2O2. The van der Waals surface area contributed by atoms with Gasteiger partial charge in [-0.25, -0.2) is 4.79 Å². The van der Waals surface area contributed by atoms with Gasteiger partial charge in [0.1, 0.15) is 0 Å². The summed E-state index contributed by atoms with van der Waals surface area (Å²) in [5, 5.41) is 5.14. The highest BCUT2D eigenvalue weighted by molar-refractivity contribution is 5.75. The number of nitrogens with one attached hydrogen (secondary N) is 1. The van der Waals surface area contributed by atoms with Crippen LogP contribution in [0.5, 0.6) is 0 Å². The van der Waals surface area contributed by atoms with Crippen LogP contribution in [0.15, 0.2) is 12.7 Å². The standard InChI is InChI=1S/C13H24N2O2/c1-5-8-14-11-7-6-9-15(10-11)17-12(16)13(2,3)4/h5,11,14H,1,6-10H2,2-4H3/t11-/m1/s1. The fourth-order valence-corrected chi connectivity index (χ4v) is 1.70. The molecule has 0 saturated carbocycles. The molecule has 4 nitrogen and oxygen atoms in total. The predicted octanol–water partition coefficient (Wildman–Crippen LogP) is 1.73. The van der Waals surface area contributed by atoms with Crippen molar-refractivity contribution in [2.75, 3.05) is 19.6 Å². The van der Waals surface area contributed by atoms with E-state index in [4.69, 9.17) is 4.84 Å². The van der Waals surface area contributed by atoms with E-state index < -0.39 is 5.41 Å². The molecule has 0 spiro atoms. The van der Waals surface area contributed by atoms with Gasteiger partial charge in [0.15, 0.2) is 0 Å². The number of hydrogen-bond acceptors (Lipinski definition) is 4. The summed E-state index contributed by atoms with van der Waals surface area (Å²) in [5.41, 5.74) is -0.443. The lowest BCUT2D eigenvalue weighted by molar-refractivity contribution is -0.205. The molecular weight excluding hydrogens is 216 g/mol. The second-order valence-electron chi connectivity index (χ2n) is 5.55. The molecule has 1 atom stereocenters. The van der Waals surface area contributed by atoms with Crippen LogP contribution in [0.4, 0.5) is 0 Å². The zero-order valence-corrected chi connectivity index (χ0v) is 11.2. The number of carbonyl (C=O) groups excluding carboxylic acids is 1. The van der Waals surface area contributed by atoms with Gasteiger partial charge in [-0.1, -0.05) is 6.08 Å². The Bertz CT molecular complexity index is 271. The molecule has 98 valence electrons. The summed E-state index contributed by atoms with van der Waals surface area (Å²) in [4.78, 5) is 17.1. The molecule has 1 fully saturated rings. The summed E-state index contributed by atoms with van der Waals surface area (Å²) < 4.78 is 0. The lowest BCUT2D eigenvalue weighted by Gasteiger charge is -2.33. The Balaban J connectivity index is 2.39. The average molecular weight is 240 g/mol. The van der Waals surface area contributed by atoms with Crippen LogP contribution in [-0.2, 0) is 9.63 Å². The highest BCUT2D eigenvalue weighted by Crippen LogP contribution is 2.18. The first-order valence-corrected chi connectivity index (χ1v) is 6.25. The van der Waals surface area contributed by atoms with Crippen LogP contribution in [-0.4, -0.2) is 36.7 Å². The number of carbonyl (C=O) groups is 1. The van der Waals surface area contributed by atoms with Crippen molar-refractivity contribution in [2.45, 2.75) is 39.7 Å². The lowest BCUT2D eigenvalue weighted by Crippen LogP contribution is -2.47. The minimum absolute atomic E-state index is 0.165. The normalized spacial score (nSPS) is 22.2. The van der Waals surface area contributed by atoms with Gasteiger partial charge in [0, 0.05) is 19.1 Å². The predicted molar refractivity (Wildman–Crippen MR) is 68.3 cm³/mol. The van der Waals surface area contributed by atoms with Gasteiger partial charge >= 0.3 is 5.97 Å². The van der Waals surface area contributed by atoms with Gasteiger partial charge in [-0.15, -0.1) is 11.6 Å². The third kappa shape index (κ3) is 4.88. The maximum atomic E-state index is 11.8. The van der Waals surface area contributed by atoms with E-state index in [1.54, 1.807) is 5.06 Å². The molecule has 1 N–H and O–H groups in total. The van der Waals surface area contributed by atoms with Gasteiger partial charge in [-0.05, 0) is 33.6 Å². The Morgan fingerprint density at radius 3 is 2.88 bits per heavy atom. The van der Waals surface area contributed by atoms with Crippen molar-refractivity contribution in [1.29, 1.82) is 0 Å². The lowest BCUT2D eigenvalue weighted by atomic mass is 9.98. The second kappa shape index (κ2) is 6.17. The average Bonchev–Trinajstić information content (AvgIpc) is 2.25. The molecule has 0 amide bonds. The van der Waals surface area contributed by atoms with E-state index in [9.17, 15) is 4.79 Å². The number of piperidine rings is 1. The molecule has 1 aliphatic rings. The third-order valence-corrected chi connectivity index (χ3v) is 2.76. The van der Waals surface area contributed by atoms with Crippen LogP contribution in [0.1, 0.15) is 33.6 Å². The van der Waals surface area contributed by atoms with Crippen molar-refractivity contribution < 1.29 is 9.63 Å². The molecule has 0 aromatic heterocycles. The van der Waals surface area contributed by atoms with Crippen molar-refractivity contribution in [3.63, 3.8) is 0 Å². The molecule has 0 radical (unpaired) electrons.